The Labute approximate surface area is 79.9 Å². The van der Waals surface area contributed by atoms with E-state index in [4.69, 9.17) is 9.05 Å². The van der Waals surface area contributed by atoms with Crippen molar-refractivity contribution in [3.8, 4) is 0 Å². The molecule has 0 aliphatic carbocycles. The van der Waals surface area contributed by atoms with Crippen LogP contribution in [0.5, 0.6) is 0 Å². The normalized spacial score (nSPS) is 36.0. The highest BCUT2D eigenvalue weighted by molar-refractivity contribution is 7.94. The molecule has 1 heterocycles. The van der Waals surface area contributed by atoms with Gasteiger partial charge in [-0.15, -0.1) is 0 Å². The van der Waals surface area contributed by atoms with Crippen molar-refractivity contribution in [1.82, 2.24) is 0 Å². The Morgan fingerprint density at radius 3 is 3.08 bits per heavy atom. The molecule has 0 aromatic carbocycles. The molecule has 1 rings (SSSR count). The first-order valence-corrected chi connectivity index (χ1v) is 6.42. The predicted octanol–water partition coefficient (Wildman–Crippen LogP) is 1.05. The van der Waals surface area contributed by atoms with Crippen LogP contribution in [0.3, 0.4) is 0 Å². The van der Waals surface area contributed by atoms with Gasteiger partial charge < -0.3 is 4.55 Å². The predicted molar refractivity (Wildman–Crippen MR) is 48.6 cm³/mol. The SMILES string of the molecule is C=C[S+]([O-])CC1COP(=O)(OC)O1. The maximum atomic E-state index is 11.3. The third-order valence-electron chi connectivity index (χ3n) is 1.46. The fourth-order valence-corrected chi connectivity index (χ4v) is 2.71. The first-order valence-electron chi connectivity index (χ1n) is 3.58. The zero-order valence-corrected chi connectivity index (χ0v) is 8.88. The molecular weight excluding hydrogens is 215 g/mol. The van der Waals surface area contributed by atoms with Crippen LogP contribution in [0.15, 0.2) is 12.0 Å². The Balaban J connectivity index is 2.41. The molecule has 1 aliphatic rings. The van der Waals surface area contributed by atoms with Gasteiger partial charge >= 0.3 is 7.82 Å². The van der Waals surface area contributed by atoms with Gasteiger partial charge in [-0.25, -0.2) is 4.57 Å². The molecule has 3 unspecified atom stereocenters. The summed E-state index contributed by atoms with van der Waals surface area (Å²) in [6, 6.07) is 0. The zero-order valence-electron chi connectivity index (χ0n) is 7.17. The van der Waals surface area contributed by atoms with E-state index in [2.05, 4.69) is 11.1 Å². The molecule has 0 bridgehead atoms. The van der Waals surface area contributed by atoms with Crippen molar-refractivity contribution >= 4 is 19.0 Å². The summed E-state index contributed by atoms with van der Waals surface area (Å²) in [5, 5.41) is 1.30. The average Bonchev–Trinajstić information content (AvgIpc) is 2.48. The first-order chi connectivity index (χ1) is 6.09. The Kier molecular flexibility index (Phi) is 3.97. The van der Waals surface area contributed by atoms with E-state index in [1.165, 1.54) is 12.5 Å². The summed E-state index contributed by atoms with van der Waals surface area (Å²) in [6.45, 7) is 3.51. The van der Waals surface area contributed by atoms with Crippen LogP contribution in [-0.4, -0.2) is 30.1 Å². The zero-order chi connectivity index (χ0) is 9.90. The summed E-state index contributed by atoms with van der Waals surface area (Å²) in [7, 11) is -2.10. The lowest BCUT2D eigenvalue weighted by Gasteiger charge is -2.09. The maximum Gasteiger partial charge on any atom is 0.475 e. The van der Waals surface area contributed by atoms with E-state index in [0.717, 1.165) is 0 Å². The van der Waals surface area contributed by atoms with Crippen molar-refractivity contribution in [2.24, 2.45) is 0 Å². The fraction of sp³-hybridized carbons (Fsp3) is 0.667. The van der Waals surface area contributed by atoms with E-state index < -0.39 is 25.1 Å². The van der Waals surface area contributed by atoms with Gasteiger partial charge in [0.25, 0.3) is 0 Å². The van der Waals surface area contributed by atoms with Crippen LogP contribution in [0, 0.1) is 0 Å². The molecule has 0 spiro atoms. The molecule has 0 radical (unpaired) electrons. The molecule has 0 amide bonds. The van der Waals surface area contributed by atoms with Crippen molar-refractivity contribution in [2.75, 3.05) is 19.5 Å². The highest BCUT2D eigenvalue weighted by atomic mass is 32.2. The molecule has 1 aliphatic heterocycles. The molecule has 0 N–H and O–H groups in total. The second kappa shape index (κ2) is 4.59. The molecule has 7 heteroatoms. The number of hydrogen-bond acceptors (Lipinski definition) is 5. The maximum absolute atomic E-state index is 11.3. The van der Waals surface area contributed by atoms with E-state index in [1.54, 1.807) is 0 Å². The van der Waals surface area contributed by atoms with Gasteiger partial charge in [0.05, 0.1) is 6.61 Å². The third-order valence-corrected chi connectivity index (χ3v) is 4.00. The van der Waals surface area contributed by atoms with Gasteiger partial charge in [-0.05, 0) is 11.2 Å². The van der Waals surface area contributed by atoms with Gasteiger partial charge in [-0.3, -0.25) is 13.6 Å². The van der Waals surface area contributed by atoms with E-state index in [9.17, 15) is 9.12 Å². The quantitative estimate of drug-likeness (QED) is 0.529. The second-order valence-electron chi connectivity index (χ2n) is 2.37. The van der Waals surface area contributed by atoms with Crippen molar-refractivity contribution in [1.29, 1.82) is 0 Å². The smallest absolute Gasteiger partial charge is 0.475 e. The molecule has 0 saturated carbocycles. The van der Waals surface area contributed by atoms with E-state index >= 15 is 0 Å². The lowest BCUT2D eigenvalue weighted by molar-refractivity contribution is 0.207. The van der Waals surface area contributed by atoms with Crippen LogP contribution in [0.25, 0.3) is 0 Å². The minimum Gasteiger partial charge on any atom is -0.612 e. The van der Waals surface area contributed by atoms with Crippen LogP contribution < -0.4 is 0 Å². The van der Waals surface area contributed by atoms with Gasteiger partial charge in [0.1, 0.15) is 17.3 Å². The van der Waals surface area contributed by atoms with Crippen LogP contribution in [0.4, 0.5) is 0 Å². The highest BCUT2D eigenvalue weighted by Crippen LogP contribution is 2.54. The Morgan fingerprint density at radius 1 is 1.92 bits per heavy atom. The molecule has 13 heavy (non-hydrogen) atoms. The largest absolute Gasteiger partial charge is 0.612 e. The average molecular weight is 226 g/mol. The topological polar surface area (TPSA) is 67.8 Å². The minimum absolute atomic E-state index is 0.144. The van der Waals surface area contributed by atoms with Crippen molar-refractivity contribution < 1.29 is 22.7 Å². The van der Waals surface area contributed by atoms with E-state index in [1.807, 2.05) is 0 Å². The lowest BCUT2D eigenvalue weighted by Crippen LogP contribution is -2.20. The Morgan fingerprint density at radius 2 is 2.62 bits per heavy atom. The summed E-state index contributed by atoms with van der Waals surface area (Å²) in [6.07, 6.45) is -0.440. The van der Waals surface area contributed by atoms with Crippen LogP contribution in [0.2, 0.25) is 0 Å². The highest BCUT2D eigenvalue weighted by Gasteiger charge is 2.39. The molecule has 3 atom stereocenters. The van der Waals surface area contributed by atoms with Crippen LogP contribution in [-0.2, 0) is 29.3 Å². The van der Waals surface area contributed by atoms with Crippen molar-refractivity contribution in [3.05, 3.63) is 12.0 Å². The molecular formula is C6H11O5PS. The molecule has 0 aromatic heterocycles. The summed E-state index contributed by atoms with van der Waals surface area (Å²) < 4.78 is 36.5. The standard InChI is InChI=1S/C6H11O5PS/c1-3-13(8)5-6-4-10-12(7,9-2)11-6/h3,6H,1,4-5H2,2H3. The lowest BCUT2D eigenvalue weighted by atomic mass is 10.4. The van der Waals surface area contributed by atoms with Gasteiger partial charge in [-0.1, -0.05) is 6.58 Å². The monoisotopic (exact) mass is 226 g/mol. The van der Waals surface area contributed by atoms with Gasteiger partial charge in [-0.2, -0.15) is 0 Å². The molecule has 1 fully saturated rings. The van der Waals surface area contributed by atoms with E-state index in [-0.39, 0.29) is 12.4 Å². The first kappa shape index (κ1) is 11.2. The van der Waals surface area contributed by atoms with E-state index in [0.29, 0.717) is 0 Å². The summed E-state index contributed by atoms with van der Waals surface area (Å²) >= 11 is -1.17. The Bertz CT molecular complexity index is 233. The summed E-state index contributed by atoms with van der Waals surface area (Å²) in [5.41, 5.74) is 0. The van der Waals surface area contributed by atoms with Gasteiger partial charge in [0.2, 0.25) is 0 Å². The number of phosphoric acid groups is 1. The van der Waals surface area contributed by atoms with Crippen LogP contribution in [0.1, 0.15) is 0 Å². The van der Waals surface area contributed by atoms with Gasteiger partial charge in [0, 0.05) is 7.11 Å². The number of hydrogen-bond donors (Lipinski definition) is 0. The minimum atomic E-state index is -3.34. The fourth-order valence-electron chi connectivity index (χ4n) is 0.843. The Hall–Kier alpha value is 0.160. The number of phosphoric ester groups is 1. The molecule has 1 saturated heterocycles. The second-order valence-corrected chi connectivity index (χ2v) is 5.52. The van der Waals surface area contributed by atoms with Crippen LogP contribution >= 0.6 is 7.82 Å². The molecule has 76 valence electrons. The number of rotatable bonds is 4. The summed E-state index contributed by atoms with van der Waals surface area (Å²) in [5.74, 6) is 0.233. The third kappa shape index (κ3) is 3.09. The molecule has 0 aromatic rings. The van der Waals surface area contributed by atoms with Crippen molar-refractivity contribution in [2.45, 2.75) is 6.10 Å². The van der Waals surface area contributed by atoms with Crippen molar-refractivity contribution in [3.63, 3.8) is 0 Å². The molecule has 5 nitrogen and oxygen atoms in total. The summed E-state index contributed by atoms with van der Waals surface area (Å²) in [4.78, 5) is 0. The van der Waals surface area contributed by atoms with Gasteiger partial charge in [0.15, 0.2) is 0 Å².